The minimum atomic E-state index is -2.79. The monoisotopic (exact) mass is 1180 g/mol. The van der Waals surface area contributed by atoms with Crippen LogP contribution in [0.2, 0.25) is 0 Å². The van der Waals surface area contributed by atoms with Crippen LogP contribution in [0.5, 0.6) is 0 Å². The molecule has 3 aromatic heterocycles. The predicted octanol–water partition coefficient (Wildman–Crippen LogP) is 19.4. The lowest BCUT2D eigenvalue weighted by atomic mass is 9.33. The number of nitriles is 2. The second-order valence-corrected chi connectivity index (χ2v) is 26.0. The Morgan fingerprint density at radius 1 is 0.374 bits per heavy atom. The van der Waals surface area contributed by atoms with Gasteiger partial charge >= 0.3 is 0 Å². The van der Waals surface area contributed by atoms with Crippen molar-refractivity contribution in [2.24, 2.45) is 0 Å². The summed E-state index contributed by atoms with van der Waals surface area (Å²) in [6.45, 7) is 9.66. The number of nitrogens with zero attached hydrogens (tertiary/aromatic N) is 7. The molecule has 0 saturated carbocycles. The summed E-state index contributed by atoms with van der Waals surface area (Å²) < 4.78 is 108. The van der Waals surface area contributed by atoms with Crippen LogP contribution in [0.3, 0.4) is 0 Å². The molecule has 0 fully saturated rings. The van der Waals surface area contributed by atoms with Crippen LogP contribution in [0.15, 0.2) is 249 Å². The molecule has 91 heavy (non-hydrogen) atoms. The summed E-state index contributed by atoms with van der Waals surface area (Å²) in [6, 6.07) is 66.8. The van der Waals surface area contributed by atoms with Crippen molar-refractivity contribution in [1.82, 2.24) is 13.7 Å². The summed E-state index contributed by atoms with van der Waals surface area (Å²) in [7, 11) is 0. The fourth-order valence-electron chi connectivity index (χ4n) is 14.4. The van der Waals surface area contributed by atoms with Crippen LogP contribution in [0.25, 0.3) is 93.6 Å². The van der Waals surface area contributed by atoms with Crippen molar-refractivity contribution in [1.29, 1.82) is 10.5 Å². The molecule has 5 heterocycles. The highest BCUT2D eigenvalue weighted by molar-refractivity contribution is 7.00. The minimum absolute atomic E-state index is 0.0552. The highest BCUT2D eigenvalue weighted by Crippen LogP contribution is 2.49. The van der Waals surface area contributed by atoms with Gasteiger partial charge in [-0.05, 0) is 165 Å². The Labute approximate surface area is 545 Å². The molecule has 2 aliphatic rings. The molecule has 15 aromatic rings. The molecule has 0 atom stereocenters. The molecule has 0 bridgehead atoms. The van der Waals surface area contributed by atoms with Crippen molar-refractivity contribution in [2.45, 2.75) is 59.2 Å². The number of benzene rings is 12. The Bertz CT molecular complexity index is 6120. The van der Waals surface area contributed by atoms with Gasteiger partial charge in [0, 0.05) is 76.2 Å². The zero-order valence-corrected chi connectivity index (χ0v) is 50.8. The first kappa shape index (κ1) is 43.3. The van der Waals surface area contributed by atoms with Crippen molar-refractivity contribution in [3.8, 4) is 40.3 Å². The van der Waals surface area contributed by atoms with Crippen LogP contribution in [-0.2, 0) is 10.8 Å². The summed E-state index contributed by atoms with van der Waals surface area (Å²) in [5.41, 5.74) is 14.0. The van der Waals surface area contributed by atoms with E-state index in [1.807, 2.05) is 113 Å². The number of hydrogen-bond donors (Lipinski definition) is 0. The van der Waals surface area contributed by atoms with Crippen molar-refractivity contribution in [3.63, 3.8) is 0 Å². The van der Waals surface area contributed by atoms with E-state index in [-0.39, 0.29) is 49.5 Å². The van der Waals surface area contributed by atoms with Gasteiger partial charge in [-0.15, -0.1) is 0 Å². The van der Waals surface area contributed by atoms with Gasteiger partial charge in [0.2, 0.25) is 0 Å². The zero-order chi connectivity index (χ0) is 71.2. The van der Waals surface area contributed by atoms with Gasteiger partial charge < -0.3 is 23.5 Å². The summed E-state index contributed by atoms with van der Waals surface area (Å²) in [5.74, 6) is 0. The lowest BCUT2D eigenvalue weighted by molar-refractivity contribution is 0.569. The van der Waals surface area contributed by atoms with Gasteiger partial charge in [0.1, 0.15) is 12.1 Å². The number of aromatic nitrogens is 3. The average Bonchev–Trinajstić information content (AvgIpc) is 0.837. The van der Waals surface area contributed by atoms with Crippen LogP contribution in [-0.4, -0.2) is 20.4 Å². The van der Waals surface area contributed by atoms with Gasteiger partial charge in [-0.1, -0.05) is 187 Å². The van der Waals surface area contributed by atoms with Gasteiger partial charge in [0.15, 0.2) is 0 Å². The van der Waals surface area contributed by atoms with Crippen molar-refractivity contribution < 1.29 is 15.1 Å². The van der Waals surface area contributed by atoms with E-state index in [2.05, 4.69) is 136 Å². The number of rotatable bonds is 6. The quantitative estimate of drug-likeness (QED) is 0.156. The molecular weight excluding hydrogens is 1110 g/mol. The third-order valence-electron chi connectivity index (χ3n) is 18.7. The Kier molecular flexibility index (Phi) is 9.45. The normalized spacial score (nSPS) is 14.8. The maximum absolute atomic E-state index is 11.7. The summed E-state index contributed by atoms with van der Waals surface area (Å²) in [6.07, 6.45) is 0. The van der Waals surface area contributed by atoms with Crippen molar-refractivity contribution in [3.05, 3.63) is 276 Å². The predicted molar refractivity (Wildman–Crippen MR) is 380 cm³/mol. The number of aryl methyl sites for hydroxylation is 1. The van der Waals surface area contributed by atoms with Crippen LogP contribution in [0, 0.1) is 29.5 Å². The molecule has 0 amide bonds. The van der Waals surface area contributed by atoms with Gasteiger partial charge in [0.05, 0.1) is 66.6 Å². The fraction of sp³-hybridized carbons (Fsp3) is 0.108. The van der Waals surface area contributed by atoms with E-state index in [4.69, 9.17) is 5.48 Å². The maximum Gasteiger partial charge on any atom is 0.252 e. The molecule has 12 aromatic carbocycles. The van der Waals surface area contributed by atoms with Crippen LogP contribution in [0.4, 0.5) is 34.1 Å². The summed E-state index contributed by atoms with van der Waals surface area (Å²) in [4.78, 5) is 3.95. The molecule has 7 nitrogen and oxygen atoms in total. The summed E-state index contributed by atoms with van der Waals surface area (Å²) in [5, 5.41) is 27.2. The van der Waals surface area contributed by atoms with Gasteiger partial charge in [-0.3, -0.25) is 0 Å². The van der Waals surface area contributed by atoms with Crippen molar-refractivity contribution in [2.75, 3.05) is 9.80 Å². The second-order valence-electron chi connectivity index (χ2n) is 26.0. The number of hydrogen-bond acceptors (Lipinski definition) is 4. The van der Waals surface area contributed by atoms with Gasteiger partial charge in [0.25, 0.3) is 6.71 Å². The average molecular weight is 1180 g/mol. The van der Waals surface area contributed by atoms with E-state index < -0.39 is 61.9 Å². The van der Waals surface area contributed by atoms with E-state index >= 15 is 0 Å². The smallest absolute Gasteiger partial charge is 0.252 e. The Morgan fingerprint density at radius 3 is 1.21 bits per heavy atom. The van der Waals surface area contributed by atoms with E-state index in [0.717, 1.165) is 77.0 Å². The molecule has 0 radical (unpaired) electrons. The topological polar surface area (TPSA) is 68.8 Å². The van der Waals surface area contributed by atoms with Crippen molar-refractivity contribution >= 4 is 123 Å². The Balaban J connectivity index is 1.03. The first-order valence-corrected chi connectivity index (χ1v) is 30.6. The van der Waals surface area contributed by atoms with Crippen LogP contribution < -0.4 is 26.2 Å². The lowest BCUT2D eigenvalue weighted by Crippen LogP contribution is -2.61. The first-order valence-electron chi connectivity index (χ1n) is 36.1. The first-order chi connectivity index (χ1) is 48.8. The lowest BCUT2D eigenvalue weighted by Gasteiger charge is -2.45. The third-order valence-corrected chi connectivity index (χ3v) is 18.7. The molecule has 17 rings (SSSR count). The molecule has 0 saturated heterocycles. The Hall–Kier alpha value is -11.3. The summed E-state index contributed by atoms with van der Waals surface area (Å²) >= 11 is 0. The molecule has 0 aliphatic carbocycles. The third kappa shape index (κ3) is 8.12. The van der Waals surface area contributed by atoms with E-state index in [1.54, 1.807) is 24.3 Å². The highest BCUT2D eigenvalue weighted by atomic mass is 15.2. The van der Waals surface area contributed by atoms with E-state index in [0.29, 0.717) is 56.3 Å². The minimum Gasteiger partial charge on any atom is -0.310 e. The van der Waals surface area contributed by atoms with Crippen LogP contribution >= 0.6 is 0 Å². The van der Waals surface area contributed by atoms with Crippen LogP contribution in [0.1, 0.15) is 84.4 Å². The molecule has 0 N–H and O–H groups in total. The highest BCUT2D eigenvalue weighted by Gasteiger charge is 2.45. The number of anilines is 6. The number of fused-ring (bicyclic) bond motifs is 13. The van der Waals surface area contributed by atoms with Gasteiger partial charge in [-0.2, -0.15) is 10.5 Å². The van der Waals surface area contributed by atoms with Gasteiger partial charge in [-0.25, -0.2) is 0 Å². The standard InChI is InChI=1S/C83H62BN7/c1-51-40-79-81-80(41-51)91(76-47-59(36-33-54(76)50-86)88-71-28-16-10-22-63(71)64-23-11-17-29-72(64)88)78-48-60(89-73-30-18-12-24-65(73)66-25-13-19-31-74(66)89)37-39-68(78)84(81)67-38-34-52(55-42-56(82(2,3)4)45-57(43-55)83(5,6)7)44-77(67)90(79)75-46-58(35-32-53(75)49-85)87-69-26-14-8-20-61(69)62-21-9-15-27-70(62)87/h8-48H,1-7H3/i1D3,12D,13D,18D,19D,24D,25D,30D,31D. The van der Waals surface area contributed by atoms with E-state index in [9.17, 15) is 20.1 Å². The SMILES string of the molecule is [2H]c1c([2H])c([2H])c2c(c1[2H])c1c([2H])c([2H])c([2H])c([2H])c1n2-c1ccc2c(c1)N(c1cc(-n3c4ccccc4c4ccccc43)ccc1C#N)c1cc(C([2H])([2H])[2H])cc3c1B2c1ccc(-c2cc(C(C)(C)C)cc(C(C)(C)C)c2)cc1N3c1cc(-n2c3ccccc3c3ccccc32)ccc1C#N. The number of para-hydroxylation sites is 6. The second kappa shape index (κ2) is 19.8. The molecule has 0 spiro atoms. The fourth-order valence-corrected chi connectivity index (χ4v) is 14.4. The maximum atomic E-state index is 11.7. The van der Waals surface area contributed by atoms with E-state index in [1.165, 1.54) is 4.57 Å². The molecular formula is C83H62BN7. The molecule has 432 valence electrons. The molecule has 2 aliphatic heterocycles. The molecule has 8 heteroatoms. The zero-order valence-electron chi connectivity index (χ0n) is 61.8. The Morgan fingerprint density at radius 2 is 0.769 bits per heavy atom. The largest absolute Gasteiger partial charge is 0.310 e. The molecule has 0 unspecified atom stereocenters.